The van der Waals surface area contributed by atoms with Gasteiger partial charge in [0.25, 0.3) is 0 Å². The van der Waals surface area contributed by atoms with Gasteiger partial charge >= 0.3 is 0 Å². The Kier molecular flexibility index (Phi) is 4.56. The highest BCUT2D eigenvalue weighted by Gasteiger charge is 2.12. The summed E-state index contributed by atoms with van der Waals surface area (Å²) < 4.78 is 0. The summed E-state index contributed by atoms with van der Waals surface area (Å²) in [5.41, 5.74) is 4.82. The quantitative estimate of drug-likeness (QED) is 0.835. The third-order valence-corrected chi connectivity index (χ3v) is 3.88. The lowest BCUT2D eigenvalue weighted by Gasteiger charge is -2.17. The number of aromatic hydroxyl groups is 2. The van der Waals surface area contributed by atoms with Crippen molar-refractivity contribution in [2.24, 2.45) is 0 Å². The van der Waals surface area contributed by atoms with Gasteiger partial charge in [0.15, 0.2) is 0 Å². The molecule has 0 spiro atoms. The van der Waals surface area contributed by atoms with Gasteiger partial charge in [-0.15, -0.1) is 0 Å². The van der Waals surface area contributed by atoms with Crippen LogP contribution in [0.25, 0.3) is 0 Å². The highest BCUT2D eigenvalue weighted by atomic mass is 16.3. The lowest BCUT2D eigenvalue weighted by atomic mass is 9.88. The van der Waals surface area contributed by atoms with Gasteiger partial charge in [-0.3, -0.25) is 0 Å². The van der Waals surface area contributed by atoms with Crippen LogP contribution in [-0.4, -0.2) is 10.2 Å². The predicted octanol–water partition coefficient (Wildman–Crippen LogP) is 4.94. The van der Waals surface area contributed by atoms with Crippen molar-refractivity contribution in [3.63, 3.8) is 0 Å². The molecule has 0 aliphatic rings. The summed E-state index contributed by atoms with van der Waals surface area (Å²) in [7, 11) is 0. The molecule has 2 rings (SSSR count). The zero-order valence-corrected chi connectivity index (χ0v) is 13.2. The molecule has 0 aromatic heterocycles. The van der Waals surface area contributed by atoms with E-state index < -0.39 is 0 Å². The summed E-state index contributed by atoms with van der Waals surface area (Å²) in [5, 5.41) is 19.4. The average Bonchev–Trinajstić information content (AvgIpc) is 2.42. The van der Waals surface area contributed by atoms with Crippen LogP contribution in [0.15, 0.2) is 36.4 Å². The molecular formula is C19H24O2. The molecule has 2 N–H and O–H groups in total. The highest BCUT2D eigenvalue weighted by Crippen LogP contribution is 2.30. The van der Waals surface area contributed by atoms with E-state index in [1.54, 1.807) is 12.1 Å². The zero-order valence-electron chi connectivity index (χ0n) is 13.2. The third kappa shape index (κ3) is 3.57. The SMILES string of the molecule is CC(C)c1cc(O)ccc1Cc1ccc(O)cc1C(C)C. The molecule has 0 heterocycles. The molecular weight excluding hydrogens is 260 g/mol. The lowest BCUT2D eigenvalue weighted by Crippen LogP contribution is -2.01. The summed E-state index contributed by atoms with van der Waals surface area (Å²) in [4.78, 5) is 0. The molecule has 0 fully saturated rings. The normalized spacial score (nSPS) is 11.3. The van der Waals surface area contributed by atoms with E-state index in [1.807, 2.05) is 24.3 Å². The van der Waals surface area contributed by atoms with Gasteiger partial charge in [0.05, 0.1) is 0 Å². The second-order valence-corrected chi connectivity index (χ2v) is 6.25. The summed E-state index contributed by atoms with van der Waals surface area (Å²) in [6.07, 6.45) is 0.821. The fraction of sp³-hybridized carbons (Fsp3) is 0.368. The van der Waals surface area contributed by atoms with Crippen LogP contribution in [0, 0.1) is 0 Å². The van der Waals surface area contributed by atoms with Crippen molar-refractivity contribution >= 4 is 0 Å². The van der Waals surface area contributed by atoms with E-state index in [-0.39, 0.29) is 0 Å². The van der Waals surface area contributed by atoms with Gasteiger partial charge < -0.3 is 10.2 Å². The molecule has 0 atom stereocenters. The molecule has 112 valence electrons. The molecule has 0 amide bonds. The molecule has 0 saturated heterocycles. The Morgan fingerprint density at radius 2 is 1.10 bits per heavy atom. The molecule has 0 bridgehead atoms. The lowest BCUT2D eigenvalue weighted by molar-refractivity contribution is 0.473. The monoisotopic (exact) mass is 284 g/mol. The first-order chi connectivity index (χ1) is 9.88. The van der Waals surface area contributed by atoms with Crippen LogP contribution >= 0.6 is 0 Å². The van der Waals surface area contributed by atoms with Crippen molar-refractivity contribution in [1.82, 2.24) is 0 Å². The summed E-state index contributed by atoms with van der Waals surface area (Å²) in [6, 6.07) is 11.2. The molecule has 2 heteroatoms. The van der Waals surface area contributed by atoms with Gasteiger partial charge in [-0.05, 0) is 64.8 Å². The molecule has 2 aromatic rings. The predicted molar refractivity (Wildman–Crippen MR) is 87.2 cm³/mol. The minimum Gasteiger partial charge on any atom is -0.508 e. The molecule has 0 saturated carbocycles. The van der Waals surface area contributed by atoms with E-state index in [0.29, 0.717) is 23.3 Å². The number of phenols is 2. The number of benzene rings is 2. The van der Waals surface area contributed by atoms with E-state index in [4.69, 9.17) is 0 Å². The minimum atomic E-state index is 0.317. The van der Waals surface area contributed by atoms with E-state index >= 15 is 0 Å². The second-order valence-electron chi connectivity index (χ2n) is 6.25. The standard InChI is InChI=1S/C19H24O2/c1-12(2)18-10-16(20)7-5-14(18)9-15-6-8-17(21)11-19(15)13(3)4/h5-8,10-13,20-21H,9H2,1-4H3. The number of hydrogen-bond acceptors (Lipinski definition) is 2. The number of rotatable bonds is 4. The Labute approximate surface area is 127 Å². The van der Waals surface area contributed by atoms with Crippen LogP contribution in [0.1, 0.15) is 61.8 Å². The van der Waals surface area contributed by atoms with E-state index in [2.05, 4.69) is 27.7 Å². The van der Waals surface area contributed by atoms with Crippen molar-refractivity contribution in [2.45, 2.75) is 46.0 Å². The largest absolute Gasteiger partial charge is 0.508 e. The van der Waals surface area contributed by atoms with Crippen molar-refractivity contribution in [3.05, 3.63) is 58.7 Å². The van der Waals surface area contributed by atoms with Crippen molar-refractivity contribution < 1.29 is 10.2 Å². The number of hydrogen-bond donors (Lipinski definition) is 2. The fourth-order valence-electron chi connectivity index (χ4n) is 2.77. The maximum atomic E-state index is 9.70. The first-order valence-corrected chi connectivity index (χ1v) is 7.52. The van der Waals surface area contributed by atoms with Crippen LogP contribution in [0.3, 0.4) is 0 Å². The van der Waals surface area contributed by atoms with E-state index in [9.17, 15) is 10.2 Å². The van der Waals surface area contributed by atoms with Crippen molar-refractivity contribution in [2.75, 3.05) is 0 Å². The smallest absolute Gasteiger partial charge is 0.115 e. The highest BCUT2D eigenvalue weighted by molar-refractivity contribution is 5.44. The Balaban J connectivity index is 2.43. The first-order valence-electron chi connectivity index (χ1n) is 7.52. The van der Waals surface area contributed by atoms with Crippen molar-refractivity contribution in [3.8, 4) is 11.5 Å². The molecule has 2 aromatic carbocycles. The summed E-state index contributed by atoms with van der Waals surface area (Å²) >= 11 is 0. The van der Waals surface area contributed by atoms with Gasteiger partial charge in [0, 0.05) is 0 Å². The fourth-order valence-corrected chi connectivity index (χ4v) is 2.77. The zero-order chi connectivity index (χ0) is 15.6. The van der Waals surface area contributed by atoms with E-state index in [1.165, 1.54) is 22.3 Å². The van der Waals surface area contributed by atoms with Crippen LogP contribution < -0.4 is 0 Å². The van der Waals surface area contributed by atoms with Gasteiger partial charge in [-0.2, -0.15) is 0 Å². The molecule has 0 radical (unpaired) electrons. The molecule has 21 heavy (non-hydrogen) atoms. The van der Waals surface area contributed by atoms with Crippen molar-refractivity contribution in [1.29, 1.82) is 0 Å². The van der Waals surface area contributed by atoms with Gasteiger partial charge in [0.1, 0.15) is 11.5 Å². The summed E-state index contributed by atoms with van der Waals surface area (Å²) in [6.45, 7) is 8.55. The molecule has 0 aliphatic heterocycles. The Hall–Kier alpha value is -1.96. The van der Waals surface area contributed by atoms with Crippen LogP contribution in [0.5, 0.6) is 11.5 Å². The molecule has 0 unspecified atom stereocenters. The molecule has 2 nitrogen and oxygen atoms in total. The third-order valence-electron chi connectivity index (χ3n) is 3.88. The van der Waals surface area contributed by atoms with Gasteiger partial charge in [-0.25, -0.2) is 0 Å². The minimum absolute atomic E-state index is 0.317. The first kappa shape index (κ1) is 15.4. The van der Waals surface area contributed by atoms with Crippen LogP contribution in [-0.2, 0) is 6.42 Å². The van der Waals surface area contributed by atoms with Crippen LogP contribution in [0.4, 0.5) is 0 Å². The maximum Gasteiger partial charge on any atom is 0.115 e. The van der Waals surface area contributed by atoms with Gasteiger partial charge in [0.2, 0.25) is 0 Å². The topological polar surface area (TPSA) is 40.5 Å². The Bertz CT molecular complexity index is 572. The summed E-state index contributed by atoms with van der Waals surface area (Å²) in [5.74, 6) is 1.37. The molecule has 0 aliphatic carbocycles. The second kappa shape index (κ2) is 6.21. The Morgan fingerprint density at radius 1 is 0.714 bits per heavy atom. The average molecular weight is 284 g/mol. The number of phenolic OH excluding ortho intramolecular Hbond substituents is 2. The van der Waals surface area contributed by atoms with Gasteiger partial charge in [-0.1, -0.05) is 39.8 Å². The Morgan fingerprint density at radius 3 is 1.43 bits per heavy atom. The van der Waals surface area contributed by atoms with E-state index in [0.717, 1.165) is 6.42 Å². The maximum absolute atomic E-state index is 9.70. The van der Waals surface area contributed by atoms with Crippen LogP contribution in [0.2, 0.25) is 0 Å².